The molecular weight excluding hydrogens is 693 g/mol. The van der Waals surface area contributed by atoms with Crippen LogP contribution in [0.2, 0.25) is 30.1 Å². The highest BCUT2D eigenvalue weighted by Gasteiger charge is 2.16. The first-order chi connectivity index (χ1) is 21.1. The van der Waals surface area contributed by atoms with E-state index in [2.05, 4.69) is 0 Å². The molecule has 0 radical (unpaired) electrons. The van der Waals surface area contributed by atoms with Crippen molar-refractivity contribution in [2.24, 2.45) is 0 Å². The monoisotopic (exact) mass is 714 g/mol. The molecule has 0 N–H and O–H groups in total. The second-order valence-corrected chi connectivity index (χ2v) is 12.0. The maximum atomic E-state index is 12.5. The first kappa shape index (κ1) is 34.0. The molecule has 0 spiro atoms. The topological polar surface area (TPSA) is 71.1 Å². The molecule has 0 saturated heterocycles. The van der Waals surface area contributed by atoms with Crippen molar-refractivity contribution in [2.45, 2.75) is 38.5 Å². The summed E-state index contributed by atoms with van der Waals surface area (Å²) in [5, 5.41) is 2.28. The van der Waals surface area contributed by atoms with Crippen LogP contribution in [0.4, 0.5) is 0 Å². The Morgan fingerprint density at radius 3 is 1.14 bits per heavy atom. The van der Waals surface area contributed by atoms with Gasteiger partial charge >= 0.3 is 11.9 Å². The van der Waals surface area contributed by atoms with Crippen molar-refractivity contribution < 1.29 is 28.5 Å². The lowest BCUT2D eigenvalue weighted by Crippen LogP contribution is -2.09. The molecule has 0 unspecified atom stereocenters. The molecule has 0 aromatic heterocycles. The third-order valence-corrected chi connectivity index (χ3v) is 7.53. The van der Waals surface area contributed by atoms with Crippen molar-refractivity contribution in [1.29, 1.82) is 0 Å². The molecule has 0 aliphatic heterocycles. The van der Waals surface area contributed by atoms with Crippen LogP contribution in [0.15, 0.2) is 72.8 Å². The fourth-order valence-electron chi connectivity index (χ4n) is 3.88. The van der Waals surface area contributed by atoms with Crippen LogP contribution in [0.3, 0.4) is 0 Å². The van der Waals surface area contributed by atoms with Crippen LogP contribution >= 0.6 is 69.6 Å². The molecule has 0 heterocycles. The summed E-state index contributed by atoms with van der Waals surface area (Å²) in [5.74, 6) is 0.669. The number of carbonyl (C=O) groups is 2. The van der Waals surface area contributed by atoms with Crippen molar-refractivity contribution in [1.82, 2.24) is 0 Å². The molecule has 230 valence electrons. The fraction of sp³-hybridized carbons (Fsp3) is 0.188. The number of ether oxygens (including phenoxy) is 4. The van der Waals surface area contributed by atoms with Crippen LogP contribution in [-0.2, 0) is 9.59 Å². The van der Waals surface area contributed by atoms with Gasteiger partial charge in [-0.25, -0.2) is 0 Å². The van der Waals surface area contributed by atoms with Crippen molar-refractivity contribution >= 4 is 81.5 Å². The summed E-state index contributed by atoms with van der Waals surface area (Å²) in [4.78, 5) is 25.1. The van der Waals surface area contributed by atoms with Gasteiger partial charge in [-0.3, -0.25) is 9.59 Å². The number of carbonyl (C=O) groups excluding carboxylic acids is 2. The third-order valence-electron chi connectivity index (χ3n) is 6.00. The van der Waals surface area contributed by atoms with E-state index in [0.29, 0.717) is 67.3 Å². The summed E-state index contributed by atoms with van der Waals surface area (Å²) in [5.41, 5.74) is 0. The van der Waals surface area contributed by atoms with E-state index in [0.717, 1.165) is 0 Å². The number of unbranched alkanes of at least 4 members (excludes halogenated alkanes) is 3. The Kier molecular flexibility index (Phi) is 12.7. The van der Waals surface area contributed by atoms with E-state index >= 15 is 0 Å². The summed E-state index contributed by atoms with van der Waals surface area (Å²) in [6, 6.07) is 18.9. The first-order valence-electron chi connectivity index (χ1n) is 13.3. The Balaban J connectivity index is 1.21. The minimum Gasteiger partial charge on any atom is -0.452 e. The van der Waals surface area contributed by atoms with Crippen molar-refractivity contribution in [3.63, 3.8) is 0 Å². The number of rotatable bonds is 13. The Morgan fingerprint density at radius 1 is 0.432 bits per heavy atom. The largest absolute Gasteiger partial charge is 0.452 e. The Hall–Kier alpha value is -2.84. The second kappa shape index (κ2) is 16.5. The van der Waals surface area contributed by atoms with E-state index < -0.39 is 11.9 Å². The number of hydrogen-bond acceptors (Lipinski definition) is 6. The predicted molar refractivity (Wildman–Crippen MR) is 175 cm³/mol. The zero-order valence-electron chi connectivity index (χ0n) is 22.9. The summed E-state index contributed by atoms with van der Waals surface area (Å²) in [6.07, 6.45) is 2.83. The maximum Gasteiger partial charge on any atom is 0.311 e. The molecule has 4 rings (SSSR count). The zero-order valence-corrected chi connectivity index (χ0v) is 27.4. The summed E-state index contributed by atoms with van der Waals surface area (Å²) >= 11 is 36.5. The van der Waals surface area contributed by atoms with Crippen LogP contribution in [0.1, 0.15) is 38.5 Å². The van der Waals surface area contributed by atoms with Crippen molar-refractivity contribution in [2.75, 3.05) is 0 Å². The molecule has 4 aromatic rings. The van der Waals surface area contributed by atoms with Gasteiger partial charge in [-0.1, -0.05) is 82.4 Å². The minimum atomic E-state index is -0.451. The second-order valence-electron chi connectivity index (χ2n) is 9.40. The first-order valence-corrected chi connectivity index (χ1v) is 15.6. The third kappa shape index (κ3) is 10.4. The molecule has 0 bridgehead atoms. The van der Waals surface area contributed by atoms with E-state index in [1.807, 2.05) is 0 Å². The highest BCUT2D eigenvalue weighted by molar-refractivity contribution is 6.36. The van der Waals surface area contributed by atoms with Gasteiger partial charge in [-0.2, -0.15) is 0 Å². The standard InChI is InChI=1S/C32H24Cl6O6/c33-19-7-11-25(23(37)15-19)41-27-13-9-21(35)17-29(27)43-31(39)5-3-1-2-4-6-32(40)44-30-18-22(36)10-14-28(30)42-26-12-8-20(34)16-24(26)38/h7-18H,1-6H2. The van der Waals surface area contributed by atoms with E-state index in [4.69, 9.17) is 88.6 Å². The van der Waals surface area contributed by atoms with Gasteiger partial charge in [0.25, 0.3) is 0 Å². The van der Waals surface area contributed by atoms with Crippen LogP contribution < -0.4 is 18.9 Å². The highest BCUT2D eigenvalue weighted by atomic mass is 35.5. The number of halogens is 6. The van der Waals surface area contributed by atoms with Crippen LogP contribution in [-0.4, -0.2) is 11.9 Å². The van der Waals surface area contributed by atoms with Crippen LogP contribution in [0.5, 0.6) is 34.5 Å². The maximum absolute atomic E-state index is 12.5. The fourth-order valence-corrected chi connectivity index (χ4v) is 5.10. The molecule has 0 saturated carbocycles. The lowest BCUT2D eigenvalue weighted by molar-refractivity contribution is -0.135. The summed E-state index contributed by atoms with van der Waals surface area (Å²) in [7, 11) is 0. The highest BCUT2D eigenvalue weighted by Crippen LogP contribution is 2.39. The SMILES string of the molecule is O=C(CCCCCCC(=O)Oc1cc(Cl)ccc1Oc1ccc(Cl)cc1Cl)Oc1cc(Cl)ccc1Oc1ccc(Cl)cc1Cl. The Labute approximate surface area is 284 Å². The molecular formula is C32H24Cl6O6. The van der Waals surface area contributed by atoms with Gasteiger partial charge in [0.2, 0.25) is 0 Å². The van der Waals surface area contributed by atoms with Crippen molar-refractivity contribution in [3.8, 4) is 34.5 Å². The number of hydrogen-bond donors (Lipinski definition) is 0. The molecule has 6 nitrogen and oxygen atoms in total. The van der Waals surface area contributed by atoms with E-state index in [1.54, 1.807) is 60.7 Å². The van der Waals surface area contributed by atoms with Gasteiger partial charge in [-0.05, 0) is 73.5 Å². The van der Waals surface area contributed by atoms with E-state index in [1.165, 1.54) is 12.1 Å². The average Bonchev–Trinajstić information content (AvgIpc) is 2.96. The van der Waals surface area contributed by atoms with E-state index in [-0.39, 0.29) is 35.8 Å². The molecule has 12 heteroatoms. The Morgan fingerprint density at radius 2 is 0.773 bits per heavy atom. The molecule has 0 amide bonds. The quantitative estimate of drug-likeness (QED) is 0.0779. The van der Waals surface area contributed by atoms with Gasteiger partial charge in [0.1, 0.15) is 11.5 Å². The molecule has 0 aliphatic carbocycles. The van der Waals surface area contributed by atoms with Crippen molar-refractivity contribution in [3.05, 3.63) is 103 Å². The number of esters is 2. The molecule has 0 aliphatic rings. The summed E-state index contributed by atoms with van der Waals surface area (Å²) < 4.78 is 22.7. The molecule has 0 atom stereocenters. The predicted octanol–water partition coefficient (Wildman–Crippen LogP) is 12.0. The van der Waals surface area contributed by atoms with Gasteiger partial charge < -0.3 is 18.9 Å². The van der Waals surface area contributed by atoms with Crippen LogP contribution in [0, 0.1) is 0 Å². The van der Waals surface area contributed by atoms with Gasteiger partial charge in [-0.15, -0.1) is 0 Å². The smallest absolute Gasteiger partial charge is 0.311 e. The van der Waals surface area contributed by atoms with Gasteiger partial charge in [0, 0.05) is 45.1 Å². The lowest BCUT2D eigenvalue weighted by Gasteiger charge is -2.13. The zero-order chi connectivity index (χ0) is 31.6. The summed E-state index contributed by atoms with van der Waals surface area (Å²) in [6.45, 7) is 0. The molecule has 4 aromatic carbocycles. The molecule has 44 heavy (non-hydrogen) atoms. The van der Waals surface area contributed by atoms with Gasteiger partial charge in [0.05, 0.1) is 10.0 Å². The lowest BCUT2D eigenvalue weighted by atomic mass is 10.1. The van der Waals surface area contributed by atoms with Crippen LogP contribution in [0.25, 0.3) is 0 Å². The molecule has 0 fully saturated rings. The normalized spacial score (nSPS) is 10.8. The number of benzene rings is 4. The Bertz CT molecular complexity index is 1520. The minimum absolute atomic E-state index is 0.161. The van der Waals surface area contributed by atoms with Gasteiger partial charge in [0.15, 0.2) is 23.0 Å². The average molecular weight is 717 g/mol. The van der Waals surface area contributed by atoms with E-state index in [9.17, 15) is 9.59 Å².